The van der Waals surface area contributed by atoms with Gasteiger partial charge in [-0.15, -0.1) is 10.2 Å². The number of aryl methyl sites for hydroxylation is 1. The highest BCUT2D eigenvalue weighted by atomic mass is 32.2. The predicted molar refractivity (Wildman–Crippen MR) is 104 cm³/mol. The van der Waals surface area contributed by atoms with Crippen molar-refractivity contribution in [2.45, 2.75) is 36.8 Å². The standard InChI is InChI=1S/C19H21N3S2/c1-13(2)16-10-8-15(9-11-16)12-23-19-22-21-18(24-19)20-17-7-5-4-6-14(17)3/h4-11,13H,12H2,1-3H3,(H,20,21). The number of rotatable bonds is 6. The molecule has 1 heterocycles. The fourth-order valence-electron chi connectivity index (χ4n) is 2.29. The largest absolute Gasteiger partial charge is 0.330 e. The molecule has 0 atom stereocenters. The van der Waals surface area contributed by atoms with E-state index in [2.05, 4.69) is 72.7 Å². The second-order valence-corrected chi connectivity index (χ2v) is 8.20. The lowest BCUT2D eigenvalue weighted by atomic mass is 10.0. The summed E-state index contributed by atoms with van der Waals surface area (Å²) in [5.41, 5.74) is 4.97. The van der Waals surface area contributed by atoms with Gasteiger partial charge in [0, 0.05) is 11.4 Å². The molecule has 0 fully saturated rings. The molecule has 0 saturated carbocycles. The van der Waals surface area contributed by atoms with Gasteiger partial charge in [-0.05, 0) is 35.6 Å². The van der Waals surface area contributed by atoms with E-state index >= 15 is 0 Å². The molecule has 0 aliphatic rings. The maximum atomic E-state index is 4.27. The second-order valence-electron chi connectivity index (χ2n) is 6.00. The average molecular weight is 356 g/mol. The minimum atomic E-state index is 0.574. The normalized spacial score (nSPS) is 11.0. The van der Waals surface area contributed by atoms with Crippen molar-refractivity contribution >= 4 is 33.9 Å². The third-order valence-corrected chi connectivity index (χ3v) is 5.84. The van der Waals surface area contributed by atoms with E-state index in [9.17, 15) is 0 Å². The third kappa shape index (κ3) is 4.36. The van der Waals surface area contributed by atoms with Crippen LogP contribution >= 0.6 is 23.1 Å². The van der Waals surface area contributed by atoms with Gasteiger partial charge in [-0.2, -0.15) is 0 Å². The van der Waals surface area contributed by atoms with Gasteiger partial charge in [0.25, 0.3) is 0 Å². The second kappa shape index (κ2) is 7.81. The lowest BCUT2D eigenvalue weighted by Crippen LogP contribution is -1.91. The number of thioether (sulfide) groups is 1. The maximum absolute atomic E-state index is 4.27. The molecule has 0 unspecified atom stereocenters. The first-order valence-electron chi connectivity index (χ1n) is 7.99. The average Bonchev–Trinajstić information content (AvgIpc) is 3.03. The van der Waals surface area contributed by atoms with Crippen LogP contribution in [-0.2, 0) is 5.75 Å². The van der Waals surface area contributed by atoms with Gasteiger partial charge in [-0.1, -0.05) is 79.4 Å². The molecule has 0 spiro atoms. The molecule has 3 aromatic rings. The van der Waals surface area contributed by atoms with Crippen LogP contribution in [0.2, 0.25) is 0 Å². The summed E-state index contributed by atoms with van der Waals surface area (Å²) in [6, 6.07) is 17.0. The van der Waals surface area contributed by atoms with Crippen LogP contribution in [0.25, 0.3) is 0 Å². The lowest BCUT2D eigenvalue weighted by Gasteiger charge is -2.06. The Morgan fingerprint density at radius 1 is 1.04 bits per heavy atom. The smallest absolute Gasteiger partial charge is 0.210 e. The summed E-state index contributed by atoms with van der Waals surface area (Å²) in [5, 5.41) is 12.7. The number of anilines is 2. The van der Waals surface area contributed by atoms with E-state index in [1.54, 1.807) is 23.1 Å². The van der Waals surface area contributed by atoms with Gasteiger partial charge in [0.15, 0.2) is 4.34 Å². The Labute approximate surface area is 151 Å². The number of aromatic nitrogens is 2. The lowest BCUT2D eigenvalue weighted by molar-refractivity contribution is 0.866. The summed E-state index contributed by atoms with van der Waals surface area (Å²) in [6.07, 6.45) is 0. The van der Waals surface area contributed by atoms with E-state index < -0.39 is 0 Å². The molecular formula is C19H21N3S2. The summed E-state index contributed by atoms with van der Waals surface area (Å²) in [6.45, 7) is 6.52. The molecule has 0 radical (unpaired) electrons. The van der Waals surface area contributed by atoms with Crippen LogP contribution in [0.3, 0.4) is 0 Å². The topological polar surface area (TPSA) is 37.8 Å². The molecule has 124 valence electrons. The molecule has 1 N–H and O–H groups in total. The van der Waals surface area contributed by atoms with E-state index in [1.165, 1.54) is 16.7 Å². The van der Waals surface area contributed by atoms with Crippen LogP contribution in [-0.4, -0.2) is 10.2 Å². The highest BCUT2D eigenvalue weighted by molar-refractivity contribution is 8.00. The monoisotopic (exact) mass is 355 g/mol. The number of benzene rings is 2. The minimum absolute atomic E-state index is 0.574. The van der Waals surface area contributed by atoms with E-state index in [0.29, 0.717) is 5.92 Å². The van der Waals surface area contributed by atoms with Crippen molar-refractivity contribution in [1.82, 2.24) is 10.2 Å². The van der Waals surface area contributed by atoms with Crippen molar-refractivity contribution in [1.29, 1.82) is 0 Å². The van der Waals surface area contributed by atoms with Crippen molar-refractivity contribution in [2.75, 3.05) is 5.32 Å². The van der Waals surface area contributed by atoms with Gasteiger partial charge in [0.1, 0.15) is 0 Å². The molecule has 0 aliphatic carbocycles. The first kappa shape index (κ1) is 17.0. The van der Waals surface area contributed by atoms with Gasteiger partial charge in [-0.3, -0.25) is 0 Å². The van der Waals surface area contributed by atoms with Crippen LogP contribution in [0.15, 0.2) is 52.9 Å². The SMILES string of the molecule is Cc1ccccc1Nc1nnc(SCc2ccc(C(C)C)cc2)s1. The Bertz CT molecular complexity index is 794. The maximum Gasteiger partial charge on any atom is 0.210 e. The Hall–Kier alpha value is -1.85. The summed E-state index contributed by atoms with van der Waals surface area (Å²) >= 11 is 3.32. The molecule has 0 saturated heterocycles. The predicted octanol–water partition coefficient (Wildman–Crippen LogP) is 6.01. The van der Waals surface area contributed by atoms with Crippen LogP contribution < -0.4 is 5.32 Å². The quantitative estimate of drug-likeness (QED) is 0.550. The number of nitrogens with zero attached hydrogens (tertiary/aromatic N) is 2. The van der Waals surface area contributed by atoms with Crippen LogP contribution in [0.5, 0.6) is 0 Å². The van der Waals surface area contributed by atoms with Crippen LogP contribution in [0.1, 0.15) is 36.5 Å². The van der Waals surface area contributed by atoms with E-state index in [0.717, 1.165) is 20.9 Å². The highest BCUT2D eigenvalue weighted by Gasteiger charge is 2.07. The Balaban J connectivity index is 1.59. The van der Waals surface area contributed by atoms with Crippen LogP contribution in [0.4, 0.5) is 10.8 Å². The van der Waals surface area contributed by atoms with E-state index in [4.69, 9.17) is 0 Å². The molecule has 0 amide bonds. The molecular weight excluding hydrogens is 334 g/mol. The Morgan fingerprint density at radius 2 is 1.79 bits per heavy atom. The van der Waals surface area contributed by atoms with Crippen molar-refractivity contribution in [3.05, 3.63) is 65.2 Å². The summed E-state index contributed by atoms with van der Waals surface area (Å²) in [5.74, 6) is 1.49. The minimum Gasteiger partial charge on any atom is -0.330 e. The Kier molecular flexibility index (Phi) is 5.53. The van der Waals surface area contributed by atoms with Crippen molar-refractivity contribution in [3.8, 4) is 0 Å². The molecule has 3 rings (SSSR count). The number of nitrogens with one attached hydrogen (secondary N) is 1. The first-order valence-corrected chi connectivity index (χ1v) is 9.80. The van der Waals surface area contributed by atoms with Gasteiger partial charge in [-0.25, -0.2) is 0 Å². The van der Waals surface area contributed by atoms with E-state index in [1.807, 2.05) is 12.1 Å². The molecule has 3 nitrogen and oxygen atoms in total. The first-order chi connectivity index (χ1) is 11.6. The zero-order valence-corrected chi connectivity index (χ0v) is 15.7. The fourth-order valence-corrected chi connectivity index (χ4v) is 4.01. The molecule has 0 bridgehead atoms. The summed E-state index contributed by atoms with van der Waals surface area (Å²) < 4.78 is 0.985. The highest BCUT2D eigenvalue weighted by Crippen LogP contribution is 2.30. The van der Waals surface area contributed by atoms with Gasteiger partial charge < -0.3 is 5.32 Å². The number of hydrogen-bond acceptors (Lipinski definition) is 5. The third-order valence-electron chi connectivity index (χ3n) is 3.80. The summed E-state index contributed by atoms with van der Waals surface area (Å²) in [4.78, 5) is 0. The fraction of sp³-hybridized carbons (Fsp3) is 0.263. The zero-order chi connectivity index (χ0) is 16.9. The van der Waals surface area contributed by atoms with Gasteiger partial charge in [0.05, 0.1) is 0 Å². The molecule has 5 heteroatoms. The molecule has 24 heavy (non-hydrogen) atoms. The number of hydrogen-bond donors (Lipinski definition) is 1. The Morgan fingerprint density at radius 3 is 2.50 bits per heavy atom. The molecule has 1 aromatic heterocycles. The van der Waals surface area contributed by atoms with E-state index in [-0.39, 0.29) is 0 Å². The van der Waals surface area contributed by atoms with Crippen molar-refractivity contribution in [2.24, 2.45) is 0 Å². The van der Waals surface area contributed by atoms with Gasteiger partial charge in [0.2, 0.25) is 5.13 Å². The number of para-hydroxylation sites is 1. The van der Waals surface area contributed by atoms with Crippen molar-refractivity contribution in [3.63, 3.8) is 0 Å². The molecule has 0 aliphatic heterocycles. The van der Waals surface area contributed by atoms with Crippen molar-refractivity contribution < 1.29 is 0 Å². The van der Waals surface area contributed by atoms with Crippen LogP contribution in [0, 0.1) is 6.92 Å². The zero-order valence-electron chi connectivity index (χ0n) is 14.1. The summed E-state index contributed by atoms with van der Waals surface area (Å²) in [7, 11) is 0. The molecule has 2 aromatic carbocycles. The van der Waals surface area contributed by atoms with Gasteiger partial charge >= 0.3 is 0 Å².